The van der Waals surface area contributed by atoms with Gasteiger partial charge in [0.2, 0.25) is 0 Å². The monoisotopic (exact) mass is 322 g/mol. The van der Waals surface area contributed by atoms with Gasteiger partial charge in [-0.05, 0) is 11.4 Å². The van der Waals surface area contributed by atoms with Crippen molar-refractivity contribution in [2.75, 3.05) is 26.2 Å². The molecule has 0 unspecified atom stereocenters. The molecule has 7 heteroatoms. The maximum atomic E-state index is 12.4. The van der Waals surface area contributed by atoms with Crippen molar-refractivity contribution >= 4 is 28.6 Å². The van der Waals surface area contributed by atoms with Crippen LogP contribution < -0.4 is 5.73 Å². The number of piperazine rings is 1. The van der Waals surface area contributed by atoms with Crippen LogP contribution in [0.2, 0.25) is 0 Å². The van der Waals surface area contributed by atoms with Gasteiger partial charge in [0.15, 0.2) is 0 Å². The highest BCUT2D eigenvalue weighted by atomic mass is 32.1. The molecule has 1 fully saturated rings. The van der Waals surface area contributed by atoms with Gasteiger partial charge in [-0.25, -0.2) is 4.98 Å². The van der Waals surface area contributed by atoms with Gasteiger partial charge in [-0.3, -0.25) is 9.69 Å². The standard InChI is InChI=1S/C14H18N4OS2/c15-8-13-16-12(10-21-13)14(19)18-5-3-17(4-6-18)9-11-2-1-7-20-11/h1-2,7,10H,3-6,8-9,15H2. The molecule has 0 aliphatic carbocycles. The number of carbonyl (C=O) groups excluding carboxylic acids is 1. The van der Waals surface area contributed by atoms with Crippen LogP contribution in [-0.2, 0) is 13.1 Å². The summed E-state index contributed by atoms with van der Waals surface area (Å²) < 4.78 is 0. The van der Waals surface area contributed by atoms with E-state index in [1.807, 2.05) is 10.3 Å². The second-order valence-corrected chi connectivity index (χ2v) is 6.95. The molecule has 0 aromatic carbocycles. The van der Waals surface area contributed by atoms with Gasteiger partial charge in [-0.1, -0.05) is 6.07 Å². The molecule has 2 aromatic heterocycles. The minimum Gasteiger partial charge on any atom is -0.335 e. The highest BCUT2D eigenvalue weighted by Gasteiger charge is 2.23. The summed E-state index contributed by atoms with van der Waals surface area (Å²) >= 11 is 3.24. The lowest BCUT2D eigenvalue weighted by atomic mass is 10.2. The third-order valence-electron chi connectivity index (χ3n) is 3.56. The minimum absolute atomic E-state index is 0.0294. The molecule has 2 N–H and O–H groups in total. The Labute approximate surface area is 132 Å². The number of amides is 1. The molecular formula is C14H18N4OS2. The van der Waals surface area contributed by atoms with Crippen molar-refractivity contribution < 1.29 is 4.79 Å². The molecular weight excluding hydrogens is 304 g/mol. The fourth-order valence-corrected chi connectivity index (χ4v) is 3.79. The fraction of sp³-hybridized carbons (Fsp3) is 0.429. The molecule has 2 aromatic rings. The van der Waals surface area contributed by atoms with Gasteiger partial charge in [-0.15, -0.1) is 22.7 Å². The number of nitrogens with two attached hydrogens (primary N) is 1. The summed E-state index contributed by atoms with van der Waals surface area (Å²) in [5.41, 5.74) is 6.08. The van der Waals surface area contributed by atoms with E-state index in [0.29, 0.717) is 12.2 Å². The molecule has 21 heavy (non-hydrogen) atoms. The quantitative estimate of drug-likeness (QED) is 0.929. The molecule has 3 rings (SSSR count). The summed E-state index contributed by atoms with van der Waals surface area (Å²) in [5.74, 6) is 0.0294. The van der Waals surface area contributed by atoms with Crippen LogP contribution in [0.1, 0.15) is 20.4 Å². The number of hydrogen-bond donors (Lipinski definition) is 1. The summed E-state index contributed by atoms with van der Waals surface area (Å²) in [6, 6.07) is 4.24. The highest BCUT2D eigenvalue weighted by Crippen LogP contribution is 2.16. The Morgan fingerprint density at radius 1 is 1.29 bits per heavy atom. The number of thiophene rings is 1. The van der Waals surface area contributed by atoms with Crippen molar-refractivity contribution in [3.05, 3.63) is 38.5 Å². The maximum Gasteiger partial charge on any atom is 0.273 e. The van der Waals surface area contributed by atoms with E-state index >= 15 is 0 Å². The molecule has 1 amide bonds. The third kappa shape index (κ3) is 3.49. The van der Waals surface area contributed by atoms with Gasteiger partial charge in [-0.2, -0.15) is 0 Å². The lowest BCUT2D eigenvalue weighted by molar-refractivity contribution is 0.0624. The first-order valence-electron chi connectivity index (χ1n) is 6.95. The zero-order chi connectivity index (χ0) is 14.7. The van der Waals surface area contributed by atoms with Gasteiger partial charge in [0.05, 0.1) is 0 Å². The molecule has 0 saturated carbocycles. The normalized spacial score (nSPS) is 16.3. The summed E-state index contributed by atoms with van der Waals surface area (Å²) in [7, 11) is 0. The molecule has 0 bridgehead atoms. The predicted octanol–water partition coefficient (Wildman–Crippen LogP) is 1.62. The summed E-state index contributed by atoms with van der Waals surface area (Å²) in [6.45, 7) is 4.73. The second-order valence-electron chi connectivity index (χ2n) is 4.98. The number of hydrogen-bond acceptors (Lipinski definition) is 6. The molecule has 5 nitrogen and oxygen atoms in total. The van der Waals surface area contributed by atoms with Gasteiger partial charge in [0.25, 0.3) is 5.91 Å². The first kappa shape index (κ1) is 14.6. The molecule has 0 atom stereocenters. The number of thiazole rings is 1. The van der Waals surface area contributed by atoms with Crippen LogP contribution in [0.3, 0.4) is 0 Å². The molecule has 0 radical (unpaired) electrons. The van der Waals surface area contributed by atoms with Crippen LogP contribution in [0.15, 0.2) is 22.9 Å². The van der Waals surface area contributed by atoms with Crippen LogP contribution in [0.4, 0.5) is 0 Å². The van der Waals surface area contributed by atoms with E-state index in [1.54, 1.807) is 11.3 Å². The Morgan fingerprint density at radius 2 is 2.10 bits per heavy atom. The van der Waals surface area contributed by atoms with Gasteiger partial charge >= 0.3 is 0 Å². The van der Waals surface area contributed by atoms with Crippen molar-refractivity contribution in [1.29, 1.82) is 0 Å². The maximum absolute atomic E-state index is 12.4. The second kappa shape index (κ2) is 6.65. The van der Waals surface area contributed by atoms with Gasteiger partial charge in [0.1, 0.15) is 10.7 Å². The molecule has 1 saturated heterocycles. The van der Waals surface area contributed by atoms with E-state index in [-0.39, 0.29) is 5.91 Å². The van der Waals surface area contributed by atoms with E-state index in [9.17, 15) is 4.79 Å². The first-order chi connectivity index (χ1) is 10.3. The van der Waals surface area contributed by atoms with Crippen LogP contribution >= 0.6 is 22.7 Å². The van der Waals surface area contributed by atoms with Crippen molar-refractivity contribution in [3.8, 4) is 0 Å². The Balaban J connectivity index is 1.54. The van der Waals surface area contributed by atoms with Crippen molar-refractivity contribution in [1.82, 2.24) is 14.8 Å². The lowest BCUT2D eigenvalue weighted by Gasteiger charge is -2.34. The fourth-order valence-electron chi connectivity index (χ4n) is 2.40. The van der Waals surface area contributed by atoms with Crippen LogP contribution in [0, 0.1) is 0 Å². The van der Waals surface area contributed by atoms with E-state index < -0.39 is 0 Å². The van der Waals surface area contributed by atoms with Gasteiger partial charge < -0.3 is 10.6 Å². The molecule has 1 aliphatic rings. The Bertz CT molecular complexity index is 588. The number of carbonyl (C=O) groups is 1. The van der Waals surface area contributed by atoms with E-state index in [2.05, 4.69) is 27.4 Å². The number of rotatable bonds is 4. The van der Waals surface area contributed by atoms with E-state index in [1.165, 1.54) is 16.2 Å². The van der Waals surface area contributed by atoms with Crippen molar-refractivity contribution in [3.63, 3.8) is 0 Å². The number of nitrogens with zero attached hydrogens (tertiary/aromatic N) is 3. The van der Waals surface area contributed by atoms with Gasteiger partial charge in [0, 0.05) is 49.5 Å². The number of aromatic nitrogens is 1. The Kier molecular flexibility index (Phi) is 4.64. The average Bonchev–Trinajstić information content (AvgIpc) is 3.18. The third-order valence-corrected chi connectivity index (χ3v) is 5.30. The van der Waals surface area contributed by atoms with Crippen molar-refractivity contribution in [2.45, 2.75) is 13.1 Å². The molecule has 0 spiro atoms. The van der Waals surface area contributed by atoms with E-state index in [0.717, 1.165) is 37.7 Å². The molecule has 112 valence electrons. The predicted molar refractivity (Wildman–Crippen MR) is 85.5 cm³/mol. The van der Waals surface area contributed by atoms with E-state index in [4.69, 9.17) is 5.73 Å². The summed E-state index contributed by atoms with van der Waals surface area (Å²) in [6.07, 6.45) is 0. The molecule has 3 heterocycles. The minimum atomic E-state index is 0.0294. The van der Waals surface area contributed by atoms with Crippen LogP contribution in [0.25, 0.3) is 0 Å². The summed E-state index contributed by atoms with van der Waals surface area (Å²) in [5, 5.41) is 4.73. The van der Waals surface area contributed by atoms with Crippen molar-refractivity contribution in [2.24, 2.45) is 5.73 Å². The SMILES string of the molecule is NCc1nc(C(=O)N2CCN(Cc3cccs3)CC2)cs1. The largest absolute Gasteiger partial charge is 0.335 e. The summed E-state index contributed by atoms with van der Waals surface area (Å²) in [4.78, 5) is 22.3. The lowest BCUT2D eigenvalue weighted by Crippen LogP contribution is -2.48. The topological polar surface area (TPSA) is 62.5 Å². The zero-order valence-electron chi connectivity index (χ0n) is 11.7. The van der Waals surface area contributed by atoms with Crippen LogP contribution in [-0.4, -0.2) is 46.9 Å². The van der Waals surface area contributed by atoms with Crippen LogP contribution in [0.5, 0.6) is 0 Å². The Morgan fingerprint density at radius 3 is 2.71 bits per heavy atom. The smallest absolute Gasteiger partial charge is 0.273 e. The molecule has 1 aliphatic heterocycles. The first-order valence-corrected chi connectivity index (χ1v) is 8.70. The average molecular weight is 322 g/mol. The zero-order valence-corrected chi connectivity index (χ0v) is 13.3. The highest BCUT2D eigenvalue weighted by molar-refractivity contribution is 7.10. The Hall–Kier alpha value is -1.28.